The Bertz CT molecular complexity index is 1550. The summed E-state index contributed by atoms with van der Waals surface area (Å²) in [4.78, 5) is 55.9. The Morgan fingerprint density at radius 3 is 2.53 bits per heavy atom. The number of benzene rings is 2. The highest BCUT2D eigenvalue weighted by Crippen LogP contribution is 2.15. The second-order valence-electron chi connectivity index (χ2n) is 8.22. The predicted octanol–water partition coefficient (Wildman–Crippen LogP) is 3.15. The van der Waals surface area contributed by atoms with Gasteiger partial charge in [-0.1, -0.05) is 48.0 Å². The van der Waals surface area contributed by atoms with E-state index in [1.54, 1.807) is 13.0 Å². The van der Waals surface area contributed by atoms with E-state index in [0.717, 1.165) is 26.8 Å². The molecule has 0 saturated heterocycles. The summed E-state index contributed by atoms with van der Waals surface area (Å²) in [5, 5.41) is 2.84. The lowest BCUT2D eigenvalue weighted by Crippen LogP contribution is -2.45. The molecule has 184 valence electrons. The van der Waals surface area contributed by atoms with Crippen molar-refractivity contribution < 1.29 is 14.0 Å². The van der Waals surface area contributed by atoms with E-state index < -0.39 is 28.9 Å². The molecular formula is C26H22ClFN4O4. The highest BCUT2D eigenvalue weighted by Gasteiger charge is 2.20. The number of halogens is 2. The van der Waals surface area contributed by atoms with Crippen LogP contribution in [0.15, 0.2) is 76.4 Å². The number of nitrogens with zero attached hydrogens (tertiary/aromatic N) is 3. The number of nitrogens with one attached hydrogen (secondary N) is 1. The van der Waals surface area contributed by atoms with Crippen LogP contribution in [0, 0.1) is 5.82 Å². The van der Waals surface area contributed by atoms with Crippen LogP contribution in [-0.2, 0) is 17.8 Å². The van der Waals surface area contributed by atoms with Gasteiger partial charge >= 0.3 is 5.69 Å². The monoisotopic (exact) mass is 508 g/mol. The van der Waals surface area contributed by atoms with Crippen molar-refractivity contribution in [2.75, 3.05) is 6.54 Å². The van der Waals surface area contributed by atoms with Crippen molar-refractivity contribution in [3.05, 3.63) is 110 Å². The number of amides is 1. The number of fused-ring (bicyclic) bond motifs is 1. The van der Waals surface area contributed by atoms with Crippen LogP contribution in [-0.4, -0.2) is 32.5 Å². The first-order valence-electron chi connectivity index (χ1n) is 11.2. The molecule has 0 spiro atoms. The van der Waals surface area contributed by atoms with Gasteiger partial charge in [0.05, 0.1) is 23.2 Å². The summed E-state index contributed by atoms with van der Waals surface area (Å²) >= 11 is 5.79. The number of carbonyl (C=O) groups excluding carboxylic acids is 2. The Morgan fingerprint density at radius 2 is 1.83 bits per heavy atom. The van der Waals surface area contributed by atoms with E-state index >= 15 is 0 Å². The second kappa shape index (κ2) is 10.7. The maximum absolute atomic E-state index is 14.0. The van der Waals surface area contributed by atoms with Crippen LogP contribution in [0.25, 0.3) is 10.9 Å². The standard InChI is InChI=1S/C26H22ClFN4O4/c1-16(18-5-3-2-4-6-18)24(34)29-11-12-31-25(35)20-14-19(28)8-9-21(20)32(26(31)36)23(33)13-17-7-10-22(27)30-15-17/h2-10,14-16H,11-13H2,1H3,(H,29,34). The molecule has 2 heterocycles. The Hall–Kier alpha value is -4.11. The van der Waals surface area contributed by atoms with Crippen LogP contribution in [0.5, 0.6) is 0 Å². The second-order valence-corrected chi connectivity index (χ2v) is 8.61. The van der Waals surface area contributed by atoms with E-state index in [-0.39, 0.29) is 41.5 Å². The minimum absolute atomic E-state index is 0.00342. The summed E-state index contributed by atoms with van der Waals surface area (Å²) in [5.74, 6) is -2.04. The average molecular weight is 509 g/mol. The van der Waals surface area contributed by atoms with Crippen molar-refractivity contribution in [3.63, 3.8) is 0 Å². The van der Waals surface area contributed by atoms with Gasteiger partial charge in [0.2, 0.25) is 11.8 Å². The van der Waals surface area contributed by atoms with Gasteiger partial charge in [0, 0.05) is 19.3 Å². The fourth-order valence-electron chi connectivity index (χ4n) is 3.87. The van der Waals surface area contributed by atoms with E-state index in [9.17, 15) is 23.6 Å². The maximum atomic E-state index is 14.0. The molecule has 0 aliphatic heterocycles. The molecule has 1 atom stereocenters. The van der Waals surface area contributed by atoms with E-state index in [2.05, 4.69) is 10.3 Å². The van der Waals surface area contributed by atoms with E-state index in [0.29, 0.717) is 5.56 Å². The zero-order valence-corrected chi connectivity index (χ0v) is 20.0. The molecule has 36 heavy (non-hydrogen) atoms. The molecule has 0 radical (unpaired) electrons. The number of carbonyl (C=O) groups is 2. The minimum atomic E-state index is -0.878. The lowest BCUT2D eigenvalue weighted by Gasteiger charge is -2.15. The quantitative estimate of drug-likeness (QED) is 0.386. The summed E-state index contributed by atoms with van der Waals surface area (Å²) < 4.78 is 15.6. The fraction of sp³-hybridized carbons (Fsp3) is 0.192. The third-order valence-electron chi connectivity index (χ3n) is 5.82. The smallest absolute Gasteiger partial charge is 0.338 e. The van der Waals surface area contributed by atoms with Gasteiger partial charge in [0.15, 0.2) is 0 Å². The highest BCUT2D eigenvalue weighted by atomic mass is 35.5. The molecule has 4 rings (SSSR count). The van der Waals surface area contributed by atoms with Gasteiger partial charge in [-0.05, 0) is 42.3 Å². The van der Waals surface area contributed by atoms with Gasteiger partial charge in [-0.15, -0.1) is 0 Å². The molecule has 2 aromatic carbocycles. The van der Waals surface area contributed by atoms with Crippen molar-refractivity contribution in [2.24, 2.45) is 0 Å². The van der Waals surface area contributed by atoms with Crippen molar-refractivity contribution in [3.8, 4) is 0 Å². The molecule has 0 aliphatic rings. The molecule has 1 N–H and O–H groups in total. The van der Waals surface area contributed by atoms with Crippen LogP contribution in [0.3, 0.4) is 0 Å². The fourth-order valence-corrected chi connectivity index (χ4v) is 3.98. The molecule has 0 fully saturated rings. The number of rotatable bonds is 7. The lowest BCUT2D eigenvalue weighted by atomic mass is 10.0. The van der Waals surface area contributed by atoms with Gasteiger partial charge in [-0.3, -0.25) is 19.0 Å². The molecular weight excluding hydrogens is 487 g/mol. The Labute approximate surface area is 210 Å². The van der Waals surface area contributed by atoms with Crippen LogP contribution >= 0.6 is 11.6 Å². The average Bonchev–Trinajstić information content (AvgIpc) is 2.87. The van der Waals surface area contributed by atoms with Gasteiger partial charge in [0.25, 0.3) is 5.56 Å². The molecule has 0 bridgehead atoms. The summed E-state index contributed by atoms with van der Waals surface area (Å²) in [7, 11) is 0. The molecule has 4 aromatic rings. The molecule has 0 aliphatic carbocycles. The predicted molar refractivity (Wildman–Crippen MR) is 134 cm³/mol. The third kappa shape index (κ3) is 5.26. The summed E-state index contributed by atoms with van der Waals surface area (Å²) in [6.45, 7) is 1.50. The van der Waals surface area contributed by atoms with Gasteiger partial charge in [0.1, 0.15) is 11.0 Å². The number of hydrogen-bond acceptors (Lipinski definition) is 5. The number of aromatic nitrogens is 3. The zero-order chi connectivity index (χ0) is 25.8. The van der Waals surface area contributed by atoms with Crippen molar-refractivity contribution in [1.29, 1.82) is 0 Å². The van der Waals surface area contributed by atoms with E-state index in [1.165, 1.54) is 18.3 Å². The van der Waals surface area contributed by atoms with Crippen molar-refractivity contribution >= 4 is 34.3 Å². The highest BCUT2D eigenvalue weighted by molar-refractivity contribution is 6.29. The summed E-state index contributed by atoms with van der Waals surface area (Å²) in [6.07, 6.45) is 1.21. The minimum Gasteiger partial charge on any atom is -0.354 e. The zero-order valence-electron chi connectivity index (χ0n) is 19.3. The van der Waals surface area contributed by atoms with Gasteiger partial charge in [-0.2, -0.15) is 0 Å². The lowest BCUT2D eigenvalue weighted by molar-refractivity contribution is -0.122. The molecule has 0 saturated carbocycles. The molecule has 10 heteroatoms. The number of pyridine rings is 1. The summed E-state index contributed by atoms with van der Waals surface area (Å²) in [5.41, 5.74) is -0.311. The van der Waals surface area contributed by atoms with Crippen molar-refractivity contribution in [1.82, 2.24) is 19.4 Å². The largest absolute Gasteiger partial charge is 0.354 e. The Kier molecular flexibility index (Phi) is 7.40. The molecule has 1 unspecified atom stereocenters. The molecule has 1 amide bonds. The maximum Gasteiger partial charge on any atom is 0.338 e. The first kappa shape index (κ1) is 25.0. The molecule has 2 aromatic heterocycles. The molecule has 8 nitrogen and oxygen atoms in total. The van der Waals surface area contributed by atoms with Crippen LogP contribution < -0.4 is 16.6 Å². The SMILES string of the molecule is CC(C(=O)NCCn1c(=O)c2cc(F)ccc2n(C(=O)Cc2ccc(Cl)nc2)c1=O)c1ccccc1. The third-order valence-corrected chi connectivity index (χ3v) is 6.04. The van der Waals surface area contributed by atoms with E-state index in [1.807, 2.05) is 30.3 Å². The first-order valence-corrected chi connectivity index (χ1v) is 11.6. The Balaban J connectivity index is 1.63. The number of hydrogen-bond donors (Lipinski definition) is 1. The topological polar surface area (TPSA) is 103 Å². The van der Waals surface area contributed by atoms with Gasteiger partial charge < -0.3 is 5.32 Å². The van der Waals surface area contributed by atoms with Crippen LogP contribution in [0.4, 0.5) is 4.39 Å². The van der Waals surface area contributed by atoms with Gasteiger partial charge in [-0.25, -0.2) is 18.7 Å². The first-order chi connectivity index (χ1) is 17.3. The Morgan fingerprint density at radius 1 is 1.08 bits per heavy atom. The van der Waals surface area contributed by atoms with Crippen LogP contribution in [0.2, 0.25) is 5.15 Å². The normalized spacial score (nSPS) is 11.9. The van der Waals surface area contributed by atoms with E-state index in [4.69, 9.17) is 11.6 Å². The summed E-state index contributed by atoms with van der Waals surface area (Å²) in [6, 6.07) is 15.5. The van der Waals surface area contributed by atoms with Crippen LogP contribution in [0.1, 0.15) is 28.8 Å². The van der Waals surface area contributed by atoms with Crippen molar-refractivity contribution in [2.45, 2.75) is 25.8 Å².